The Hall–Kier alpha value is -3.31. The number of ether oxygens (including phenoxy) is 2. The van der Waals surface area contributed by atoms with Crippen molar-refractivity contribution >= 4 is 5.91 Å². The van der Waals surface area contributed by atoms with Crippen molar-refractivity contribution in [3.05, 3.63) is 65.9 Å². The zero-order chi connectivity index (χ0) is 24.8. The molecule has 0 bridgehead atoms. The molecule has 2 saturated heterocycles. The average molecular weight is 490 g/mol. The van der Waals surface area contributed by atoms with E-state index in [1.807, 2.05) is 6.92 Å². The van der Waals surface area contributed by atoms with Crippen molar-refractivity contribution < 1.29 is 31.8 Å². The molecule has 5 rings (SSSR count). The number of aromatic nitrogens is 3. The summed E-state index contributed by atoms with van der Waals surface area (Å²) in [6.45, 7) is 3.25. The molecule has 0 N–H and O–H groups in total. The molecule has 2 aliphatic heterocycles. The lowest BCUT2D eigenvalue weighted by Crippen LogP contribution is -2.47. The lowest BCUT2D eigenvalue weighted by atomic mass is 10.0. The highest BCUT2D eigenvalue weighted by Gasteiger charge is 2.43. The number of hydrogen-bond donors (Lipinski definition) is 0. The third-order valence-corrected chi connectivity index (χ3v) is 6.22. The van der Waals surface area contributed by atoms with Crippen LogP contribution in [0.2, 0.25) is 0 Å². The van der Waals surface area contributed by atoms with E-state index < -0.39 is 23.3 Å². The summed E-state index contributed by atoms with van der Waals surface area (Å²) in [5.41, 5.74) is -0.190. The molecule has 1 unspecified atom stereocenters. The number of carbonyl (C=O) groups excluding carboxylic acids is 1. The summed E-state index contributed by atoms with van der Waals surface area (Å²) in [4.78, 5) is 18.9. The van der Waals surface area contributed by atoms with Gasteiger partial charge in [-0.25, -0.2) is 9.07 Å². The highest BCUT2D eigenvalue weighted by Crippen LogP contribution is 2.35. The van der Waals surface area contributed by atoms with Crippen LogP contribution in [0.3, 0.4) is 0 Å². The Balaban J connectivity index is 1.46. The fourth-order valence-electron chi connectivity index (χ4n) is 4.46. The molecule has 184 valence electrons. The monoisotopic (exact) mass is 490 g/mol. The van der Waals surface area contributed by atoms with Crippen LogP contribution in [0.4, 0.5) is 17.6 Å². The Morgan fingerprint density at radius 2 is 1.83 bits per heavy atom. The second kappa shape index (κ2) is 8.72. The molecular formula is C24H22F4N4O3. The fraction of sp³-hybridized carbons (Fsp3) is 0.375. The molecule has 3 aromatic rings. The van der Waals surface area contributed by atoms with Gasteiger partial charge in [0.1, 0.15) is 5.82 Å². The third kappa shape index (κ3) is 4.53. The van der Waals surface area contributed by atoms with Gasteiger partial charge in [0.25, 0.3) is 5.91 Å². The molecule has 2 aromatic heterocycles. The molecule has 2 fully saturated rings. The number of hydrogen-bond acceptors (Lipinski definition) is 5. The van der Waals surface area contributed by atoms with Crippen molar-refractivity contribution in [3.8, 4) is 16.9 Å². The topological polar surface area (TPSA) is 69.5 Å². The minimum absolute atomic E-state index is 0.000000178. The second-order valence-corrected chi connectivity index (χ2v) is 8.67. The fourth-order valence-corrected chi connectivity index (χ4v) is 4.46. The third-order valence-electron chi connectivity index (χ3n) is 6.22. The van der Waals surface area contributed by atoms with Gasteiger partial charge in [0.2, 0.25) is 0 Å². The number of carbonyl (C=O) groups is 1. The van der Waals surface area contributed by atoms with E-state index in [9.17, 15) is 22.4 Å². The maximum absolute atomic E-state index is 14.3. The minimum atomic E-state index is -4.82. The van der Waals surface area contributed by atoms with Crippen molar-refractivity contribution in [2.45, 2.75) is 37.8 Å². The van der Waals surface area contributed by atoms with E-state index in [1.165, 1.54) is 17.1 Å². The van der Waals surface area contributed by atoms with E-state index >= 15 is 0 Å². The van der Waals surface area contributed by atoms with E-state index in [4.69, 9.17) is 9.47 Å². The van der Waals surface area contributed by atoms with Crippen LogP contribution in [0.15, 0.2) is 48.8 Å². The van der Waals surface area contributed by atoms with Gasteiger partial charge in [-0.2, -0.15) is 18.3 Å². The van der Waals surface area contributed by atoms with E-state index in [2.05, 4.69) is 10.1 Å². The number of benzene rings is 1. The van der Waals surface area contributed by atoms with E-state index in [-0.39, 0.29) is 23.4 Å². The standard InChI is InChI=1S/C24H22F4N4O3/c1-15-14-34-23(35-15)6-10-31(11-7-23)22(33)20-13-21(16-4-8-29-9-5-16)32(30-20)17-2-3-18(19(25)12-17)24(26,27)28/h2-5,8-9,12-13,15H,6-7,10-11,14H2,1H3. The van der Waals surface area contributed by atoms with Crippen LogP contribution < -0.4 is 0 Å². The van der Waals surface area contributed by atoms with Gasteiger partial charge < -0.3 is 14.4 Å². The van der Waals surface area contributed by atoms with Gasteiger partial charge in [-0.1, -0.05) is 0 Å². The Morgan fingerprint density at radius 3 is 2.43 bits per heavy atom. The lowest BCUT2D eigenvalue weighted by Gasteiger charge is -2.37. The predicted octanol–water partition coefficient (Wildman–Crippen LogP) is 4.46. The maximum atomic E-state index is 14.3. The Labute approximate surface area is 198 Å². The number of pyridine rings is 1. The molecular weight excluding hydrogens is 468 g/mol. The molecule has 0 saturated carbocycles. The molecule has 4 heterocycles. The second-order valence-electron chi connectivity index (χ2n) is 8.67. The van der Waals surface area contributed by atoms with Crippen LogP contribution in [-0.4, -0.2) is 57.2 Å². The molecule has 0 radical (unpaired) electrons. The highest BCUT2D eigenvalue weighted by atomic mass is 19.4. The van der Waals surface area contributed by atoms with Crippen molar-refractivity contribution in [2.75, 3.05) is 19.7 Å². The quantitative estimate of drug-likeness (QED) is 0.507. The zero-order valence-electron chi connectivity index (χ0n) is 18.8. The van der Waals surface area contributed by atoms with E-state index in [1.54, 1.807) is 23.1 Å². The van der Waals surface area contributed by atoms with Gasteiger partial charge in [0.05, 0.1) is 29.7 Å². The van der Waals surface area contributed by atoms with Gasteiger partial charge >= 0.3 is 6.18 Å². The number of likely N-dealkylation sites (tertiary alicyclic amines) is 1. The molecule has 0 aliphatic carbocycles. The highest BCUT2D eigenvalue weighted by molar-refractivity contribution is 5.93. The largest absolute Gasteiger partial charge is 0.419 e. The summed E-state index contributed by atoms with van der Waals surface area (Å²) in [5, 5.41) is 4.36. The summed E-state index contributed by atoms with van der Waals surface area (Å²) < 4.78 is 66.4. The first kappa shape index (κ1) is 23.4. The smallest absolute Gasteiger partial charge is 0.347 e. The molecule has 11 heteroatoms. The van der Waals surface area contributed by atoms with Gasteiger partial charge in [-0.15, -0.1) is 0 Å². The summed E-state index contributed by atoms with van der Waals surface area (Å²) >= 11 is 0. The summed E-state index contributed by atoms with van der Waals surface area (Å²) in [7, 11) is 0. The average Bonchev–Trinajstić information content (AvgIpc) is 3.43. The first-order valence-electron chi connectivity index (χ1n) is 11.1. The Bertz CT molecular complexity index is 1240. The number of halogens is 4. The van der Waals surface area contributed by atoms with E-state index in [0.29, 0.717) is 49.9 Å². The first-order chi connectivity index (χ1) is 16.7. The van der Waals surface area contributed by atoms with Gasteiger partial charge in [0.15, 0.2) is 11.5 Å². The molecule has 7 nitrogen and oxygen atoms in total. The zero-order valence-corrected chi connectivity index (χ0v) is 18.8. The molecule has 1 spiro atoms. The summed E-state index contributed by atoms with van der Waals surface area (Å²) in [5.74, 6) is -2.44. The molecule has 1 atom stereocenters. The van der Waals surface area contributed by atoms with Crippen molar-refractivity contribution in [1.29, 1.82) is 0 Å². The van der Waals surface area contributed by atoms with Gasteiger partial charge in [-0.05, 0) is 37.3 Å². The van der Waals surface area contributed by atoms with Crippen LogP contribution in [-0.2, 0) is 15.7 Å². The number of alkyl halides is 3. The Kier molecular flexibility index (Phi) is 5.84. The first-order valence-corrected chi connectivity index (χ1v) is 11.1. The maximum Gasteiger partial charge on any atom is 0.419 e. The summed E-state index contributed by atoms with van der Waals surface area (Å²) in [6.07, 6.45) is -0.712. The lowest BCUT2D eigenvalue weighted by molar-refractivity contribution is -0.190. The van der Waals surface area contributed by atoms with Crippen LogP contribution in [0.25, 0.3) is 16.9 Å². The van der Waals surface area contributed by atoms with Crippen LogP contribution in [0, 0.1) is 5.82 Å². The number of nitrogens with zero attached hydrogens (tertiary/aromatic N) is 4. The SMILES string of the molecule is CC1COC2(CCN(C(=O)c3cc(-c4ccncc4)n(-c4ccc(C(F)(F)F)c(F)c4)n3)CC2)O1. The normalized spacial score (nSPS) is 19.9. The number of piperidine rings is 1. The minimum Gasteiger partial charge on any atom is -0.347 e. The summed E-state index contributed by atoms with van der Waals surface area (Å²) in [6, 6.07) is 7.43. The van der Waals surface area contributed by atoms with Gasteiger partial charge in [0, 0.05) is 50.0 Å². The Morgan fingerprint density at radius 1 is 1.11 bits per heavy atom. The molecule has 35 heavy (non-hydrogen) atoms. The number of rotatable bonds is 3. The predicted molar refractivity (Wildman–Crippen MR) is 116 cm³/mol. The molecule has 2 aliphatic rings. The van der Waals surface area contributed by atoms with Crippen molar-refractivity contribution in [1.82, 2.24) is 19.7 Å². The van der Waals surface area contributed by atoms with Crippen LogP contribution in [0.1, 0.15) is 35.8 Å². The van der Waals surface area contributed by atoms with E-state index in [0.717, 1.165) is 12.1 Å². The van der Waals surface area contributed by atoms with Crippen molar-refractivity contribution in [3.63, 3.8) is 0 Å². The van der Waals surface area contributed by atoms with Crippen LogP contribution in [0.5, 0.6) is 0 Å². The number of amides is 1. The van der Waals surface area contributed by atoms with Crippen LogP contribution >= 0.6 is 0 Å². The molecule has 1 aromatic carbocycles. The van der Waals surface area contributed by atoms with Crippen molar-refractivity contribution in [2.24, 2.45) is 0 Å². The van der Waals surface area contributed by atoms with Gasteiger partial charge in [-0.3, -0.25) is 9.78 Å². The molecule has 1 amide bonds.